The summed E-state index contributed by atoms with van der Waals surface area (Å²) in [5.74, 6) is 2.62. The van der Waals surface area contributed by atoms with Crippen molar-refractivity contribution in [1.29, 1.82) is 0 Å². The molecular weight excluding hydrogens is 166 g/mol. The molecule has 0 fully saturated rings. The summed E-state index contributed by atoms with van der Waals surface area (Å²) in [5, 5.41) is 3.25. The standard InChI is InChI=1S/C10H19NO2/c1-4-6-10(11-5-2)9-13-8-7-12-3/h1,10-11H,5-9H2,2-3H3. The predicted molar refractivity (Wildman–Crippen MR) is 53.6 cm³/mol. The number of hydrogen-bond acceptors (Lipinski definition) is 3. The molecule has 0 heterocycles. The first-order valence-corrected chi connectivity index (χ1v) is 4.58. The molecule has 1 atom stereocenters. The number of rotatable bonds is 8. The average molecular weight is 185 g/mol. The first-order chi connectivity index (χ1) is 6.35. The van der Waals surface area contributed by atoms with Gasteiger partial charge in [-0.3, -0.25) is 0 Å². The molecule has 0 aliphatic rings. The summed E-state index contributed by atoms with van der Waals surface area (Å²) in [7, 11) is 1.66. The predicted octanol–water partition coefficient (Wildman–Crippen LogP) is 0.651. The van der Waals surface area contributed by atoms with Gasteiger partial charge in [-0.25, -0.2) is 0 Å². The molecule has 0 saturated heterocycles. The van der Waals surface area contributed by atoms with Crippen molar-refractivity contribution in [3.05, 3.63) is 0 Å². The first kappa shape index (κ1) is 12.4. The fourth-order valence-electron chi connectivity index (χ4n) is 0.989. The summed E-state index contributed by atoms with van der Waals surface area (Å²) in [6.07, 6.45) is 5.93. The number of terminal acetylenes is 1. The third kappa shape index (κ3) is 7.79. The van der Waals surface area contributed by atoms with Gasteiger partial charge < -0.3 is 14.8 Å². The van der Waals surface area contributed by atoms with Gasteiger partial charge in [0, 0.05) is 19.6 Å². The quantitative estimate of drug-likeness (QED) is 0.445. The van der Waals surface area contributed by atoms with Crippen LogP contribution >= 0.6 is 0 Å². The van der Waals surface area contributed by atoms with Crippen LogP contribution in [0.3, 0.4) is 0 Å². The maximum atomic E-state index is 5.36. The Morgan fingerprint density at radius 1 is 1.46 bits per heavy atom. The van der Waals surface area contributed by atoms with Gasteiger partial charge in [0.05, 0.1) is 19.8 Å². The first-order valence-electron chi connectivity index (χ1n) is 4.58. The van der Waals surface area contributed by atoms with E-state index in [0.29, 0.717) is 26.2 Å². The van der Waals surface area contributed by atoms with Crippen LogP contribution in [0.15, 0.2) is 0 Å². The fraction of sp³-hybridized carbons (Fsp3) is 0.800. The smallest absolute Gasteiger partial charge is 0.0701 e. The lowest BCUT2D eigenvalue weighted by molar-refractivity contribution is 0.0596. The van der Waals surface area contributed by atoms with Crippen molar-refractivity contribution in [2.24, 2.45) is 0 Å². The van der Waals surface area contributed by atoms with Crippen LogP contribution in [0.2, 0.25) is 0 Å². The van der Waals surface area contributed by atoms with Gasteiger partial charge in [0.2, 0.25) is 0 Å². The minimum atomic E-state index is 0.270. The van der Waals surface area contributed by atoms with E-state index in [2.05, 4.69) is 18.2 Å². The highest BCUT2D eigenvalue weighted by Crippen LogP contribution is 1.91. The Labute approximate surface area is 80.8 Å². The molecule has 0 spiro atoms. The SMILES string of the molecule is C#CCC(COCCOC)NCC. The lowest BCUT2D eigenvalue weighted by atomic mass is 10.2. The lowest BCUT2D eigenvalue weighted by Gasteiger charge is -2.14. The Hall–Kier alpha value is -0.560. The summed E-state index contributed by atoms with van der Waals surface area (Å²) >= 11 is 0. The van der Waals surface area contributed by atoms with E-state index in [1.165, 1.54) is 0 Å². The number of ether oxygens (including phenoxy) is 2. The molecule has 0 aromatic heterocycles. The third-order valence-electron chi connectivity index (χ3n) is 1.61. The topological polar surface area (TPSA) is 30.5 Å². The van der Waals surface area contributed by atoms with E-state index in [1.807, 2.05) is 0 Å². The largest absolute Gasteiger partial charge is 0.382 e. The molecule has 0 saturated carbocycles. The molecule has 0 rings (SSSR count). The highest BCUT2D eigenvalue weighted by Gasteiger charge is 2.04. The second-order valence-corrected chi connectivity index (χ2v) is 2.73. The maximum absolute atomic E-state index is 5.36. The second kappa shape index (κ2) is 9.53. The van der Waals surface area contributed by atoms with E-state index >= 15 is 0 Å². The molecule has 0 aliphatic heterocycles. The Morgan fingerprint density at radius 2 is 2.23 bits per heavy atom. The summed E-state index contributed by atoms with van der Waals surface area (Å²) < 4.78 is 10.2. The third-order valence-corrected chi connectivity index (χ3v) is 1.61. The number of likely N-dealkylation sites (N-methyl/N-ethyl adjacent to an activating group) is 1. The van der Waals surface area contributed by atoms with Gasteiger partial charge in [-0.15, -0.1) is 12.3 Å². The molecule has 3 heteroatoms. The van der Waals surface area contributed by atoms with Gasteiger partial charge in [0.1, 0.15) is 0 Å². The van der Waals surface area contributed by atoms with Gasteiger partial charge >= 0.3 is 0 Å². The molecule has 1 unspecified atom stereocenters. The maximum Gasteiger partial charge on any atom is 0.0701 e. The summed E-state index contributed by atoms with van der Waals surface area (Å²) in [6, 6.07) is 0.270. The van der Waals surface area contributed by atoms with Crippen LogP contribution in [-0.2, 0) is 9.47 Å². The van der Waals surface area contributed by atoms with E-state index in [9.17, 15) is 0 Å². The molecule has 0 radical (unpaired) electrons. The number of methoxy groups -OCH3 is 1. The zero-order chi connectivity index (χ0) is 9.94. The van der Waals surface area contributed by atoms with Crippen LogP contribution in [0.25, 0.3) is 0 Å². The minimum Gasteiger partial charge on any atom is -0.382 e. The summed E-state index contributed by atoms with van der Waals surface area (Å²) in [4.78, 5) is 0. The van der Waals surface area contributed by atoms with Crippen LogP contribution in [0, 0.1) is 12.3 Å². The molecule has 0 aromatic rings. The van der Waals surface area contributed by atoms with Crippen molar-refractivity contribution >= 4 is 0 Å². The van der Waals surface area contributed by atoms with Crippen molar-refractivity contribution < 1.29 is 9.47 Å². The van der Waals surface area contributed by atoms with E-state index in [0.717, 1.165) is 6.54 Å². The molecule has 0 bridgehead atoms. The van der Waals surface area contributed by atoms with E-state index in [1.54, 1.807) is 7.11 Å². The van der Waals surface area contributed by atoms with E-state index < -0.39 is 0 Å². The molecule has 13 heavy (non-hydrogen) atoms. The lowest BCUT2D eigenvalue weighted by Crippen LogP contribution is -2.33. The Bertz CT molecular complexity index is 142. The molecule has 0 aromatic carbocycles. The van der Waals surface area contributed by atoms with Crippen LogP contribution in [0.1, 0.15) is 13.3 Å². The van der Waals surface area contributed by atoms with Crippen molar-refractivity contribution in [2.45, 2.75) is 19.4 Å². The summed E-state index contributed by atoms with van der Waals surface area (Å²) in [6.45, 7) is 4.89. The highest BCUT2D eigenvalue weighted by molar-refractivity contribution is 4.89. The van der Waals surface area contributed by atoms with Crippen LogP contribution < -0.4 is 5.32 Å². The summed E-state index contributed by atoms with van der Waals surface area (Å²) in [5.41, 5.74) is 0. The van der Waals surface area contributed by atoms with Crippen LogP contribution in [-0.4, -0.2) is 39.5 Å². The van der Waals surface area contributed by atoms with Crippen molar-refractivity contribution in [3.8, 4) is 12.3 Å². The zero-order valence-electron chi connectivity index (χ0n) is 8.51. The van der Waals surface area contributed by atoms with Crippen LogP contribution in [0.4, 0.5) is 0 Å². The highest BCUT2D eigenvalue weighted by atomic mass is 16.5. The van der Waals surface area contributed by atoms with E-state index in [-0.39, 0.29) is 6.04 Å². The molecule has 3 nitrogen and oxygen atoms in total. The second-order valence-electron chi connectivity index (χ2n) is 2.73. The minimum absolute atomic E-state index is 0.270. The van der Waals surface area contributed by atoms with E-state index in [4.69, 9.17) is 15.9 Å². The Balaban J connectivity index is 3.40. The van der Waals surface area contributed by atoms with Gasteiger partial charge in [0.15, 0.2) is 0 Å². The molecule has 76 valence electrons. The fourth-order valence-corrected chi connectivity index (χ4v) is 0.989. The molecule has 0 aliphatic carbocycles. The Kier molecular flexibility index (Phi) is 9.12. The monoisotopic (exact) mass is 185 g/mol. The van der Waals surface area contributed by atoms with Crippen molar-refractivity contribution in [2.75, 3.05) is 33.5 Å². The molecule has 0 amide bonds. The average Bonchev–Trinajstić information content (AvgIpc) is 2.13. The zero-order valence-corrected chi connectivity index (χ0v) is 8.51. The van der Waals surface area contributed by atoms with Gasteiger partial charge in [-0.05, 0) is 6.54 Å². The molecule has 1 N–H and O–H groups in total. The van der Waals surface area contributed by atoms with Gasteiger partial charge in [0.25, 0.3) is 0 Å². The van der Waals surface area contributed by atoms with Crippen molar-refractivity contribution in [3.63, 3.8) is 0 Å². The van der Waals surface area contributed by atoms with Crippen molar-refractivity contribution in [1.82, 2.24) is 5.32 Å². The normalized spacial score (nSPS) is 12.4. The van der Waals surface area contributed by atoms with Gasteiger partial charge in [-0.2, -0.15) is 0 Å². The Morgan fingerprint density at radius 3 is 2.77 bits per heavy atom. The van der Waals surface area contributed by atoms with Gasteiger partial charge in [-0.1, -0.05) is 6.92 Å². The van der Waals surface area contributed by atoms with Crippen LogP contribution in [0.5, 0.6) is 0 Å². The number of hydrogen-bond donors (Lipinski definition) is 1. The number of nitrogens with one attached hydrogen (secondary N) is 1. The molecular formula is C10H19NO2.